The van der Waals surface area contributed by atoms with Gasteiger partial charge in [0.15, 0.2) is 5.82 Å². The van der Waals surface area contributed by atoms with E-state index in [0.29, 0.717) is 5.82 Å². The summed E-state index contributed by atoms with van der Waals surface area (Å²) in [5.41, 5.74) is 0. The van der Waals surface area contributed by atoms with Gasteiger partial charge in [-0.3, -0.25) is 0 Å². The van der Waals surface area contributed by atoms with E-state index in [4.69, 9.17) is 4.52 Å². The molecule has 0 radical (unpaired) electrons. The van der Waals surface area contributed by atoms with Crippen LogP contribution in [0.4, 0.5) is 0 Å². The second-order valence-electron chi connectivity index (χ2n) is 4.96. The van der Waals surface area contributed by atoms with Crippen LogP contribution in [0.25, 0.3) is 0 Å². The Labute approximate surface area is 103 Å². The second kappa shape index (κ2) is 6.12. The lowest BCUT2D eigenvalue weighted by atomic mass is 9.98. The SMILES string of the molecule is Cc1noc(CCNCC2CCCN(C)C2)n1. The third-order valence-corrected chi connectivity index (χ3v) is 3.24. The zero-order chi connectivity index (χ0) is 12.1. The topological polar surface area (TPSA) is 54.2 Å². The molecule has 1 saturated heterocycles. The van der Waals surface area contributed by atoms with Gasteiger partial charge in [-0.25, -0.2) is 0 Å². The Morgan fingerprint density at radius 1 is 1.53 bits per heavy atom. The van der Waals surface area contributed by atoms with Crippen molar-refractivity contribution in [3.63, 3.8) is 0 Å². The van der Waals surface area contributed by atoms with Crippen LogP contribution < -0.4 is 5.32 Å². The Kier molecular flexibility index (Phi) is 4.50. The maximum atomic E-state index is 5.06. The van der Waals surface area contributed by atoms with Gasteiger partial charge in [0.05, 0.1) is 0 Å². The highest BCUT2D eigenvalue weighted by atomic mass is 16.5. The lowest BCUT2D eigenvalue weighted by Gasteiger charge is -2.29. The van der Waals surface area contributed by atoms with Crippen molar-refractivity contribution in [3.05, 3.63) is 11.7 Å². The summed E-state index contributed by atoms with van der Waals surface area (Å²) < 4.78 is 5.06. The van der Waals surface area contributed by atoms with Gasteiger partial charge in [0.2, 0.25) is 5.89 Å². The number of aryl methyl sites for hydroxylation is 1. The van der Waals surface area contributed by atoms with Crippen LogP contribution in [0.1, 0.15) is 24.6 Å². The molecule has 1 fully saturated rings. The number of hydrogen-bond acceptors (Lipinski definition) is 5. The van der Waals surface area contributed by atoms with Crippen LogP contribution in [-0.4, -0.2) is 48.3 Å². The van der Waals surface area contributed by atoms with E-state index in [1.54, 1.807) is 0 Å². The van der Waals surface area contributed by atoms with Crippen molar-refractivity contribution in [2.45, 2.75) is 26.2 Å². The normalized spacial score (nSPS) is 21.9. The van der Waals surface area contributed by atoms with Crippen LogP contribution >= 0.6 is 0 Å². The van der Waals surface area contributed by atoms with Gasteiger partial charge in [-0.2, -0.15) is 4.98 Å². The monoisotopic (exact) mass is 238 g/mol. The maximum absolute atomic E-state index is 5.06. The Morgan fingerprint density at radius 2 is 2.41 bits per heavy atom. The molecule has 1 N–H and O–H groups in total. The van der Waals surface area contributed by atoms with E-state index in [0.717, 1.165) is 31.3 Å². The van der Waals surface area contributed by atoms with Crippen molar-refractivity contribution in [2.75, 3.05) is 33.2 Å². The molecular formula is C12H22N4O. The van der Waals surface area contributed by atoms with E-state index < -0.39 is 0 Å². The number of nitrogens with one attached hydrogen (secondary N) is 1. The molecule has 1 aromatic rings. The first kappa shape index (κ1) is 12.5. The van der Waals surface area contributed by atoms with E-state index in [1.165, 1.54) is 25.9 Å². The van der Waals surface area contributed by atoms with Gasteiger partial charge >= 0.3 is 0 Å². The second-order valence-corrected chi connectivity index (χ2v) is 4.96. The molecule has 0 spiro atoms. The molecule has 5 heteroatoms. The largest absolute Gasteiger partial charge is 0.339 e. The summed E-state index contributed by atoms with van der Waals surface area (Å²) in [6.45, 7) is 6.32. The molecule has 0 bridgehead atoms. The minimum atomic E-state index is 0.717. The molecule has 0 aliphatic carbocycles. The van der Waals surface area contributed by atoms with Gasteiger partial charge in [-0.1, -0.05) is 5.16 Å². The number of nitrogens with zero attached hydrogens (tertiary/aromatic N) is 3. The summed E-state index contributed by atoms with van der Waals surface area (Å²) in [4.78, 5) is 6.59. The van der Waals surface area contributed by atoms with Crippen LogP contribution in [0.5, 0.6) is 0 Å². The smallest absolute Gasteiger partial charge is 0.227 e. The van der Waals surface area contributed by atoms with Crippen molar-refractivity contribution < 1.29 is 4.52 Å². The van der Waals surface area contributed by atoms with Crippen LogP contribution in [0, 0.1) is 12.8 Å². The standard InChI is InChI=1S/C12H22N4O/c1-10-14-12(17-15-10)5-6-13-8-11-4-3-7-16(2)9-11/h11,13H,3-9H2,1-2H3. The van der Waals surface area contributed by atoms with E-state index in [1.807, 2.05) is 6.92 Å². The third-order valence-electron chi connectivity index (χ3n) is 3.24. The molecule has 17 heavy (non-hydrogen) atoms. The van der Waals surface area contributed by atoms with Crippen molar-refractivity contribution in [1.29, 1.82) is 0 Å². The lowest BCUT2D eigenvalue weighted by molar-refractivity contribution is 0.206. The highest BCUT2D eigenvalue weighted by molar-refractivity contribution is 4.83. The summed E-state index contributed by atoms with van der Waals surface area (Å²) in [5.74, 6) is 2.24. The molecule has 1 aliphatic rings. The summed E-state index contributed by atoms with van der Waals surface area (Å²) in [6.07, 6.45) is 3.49. The van der Waals surface area contributed by atoms with Gasteiger partial charge in [0.25, 0.3) is 0 Å². The average molecular weight is 238 g/mol. The van der Waals surface area contributed by atoms with Gasteiger partial charge in [0.1, 0.15) is 0 Å². The minimum Gasteiger partial charge on any atom is -0.339 e. The molecule has 0 saturated carbocycles. The average Bonchev–Trinajstić information content (AvgIpc) is 2.71. The Bertz CT molecular complexity index is 339. The highest BCUT2D eigenvalue weighted by Gasteiger charge is 2.16. The molecule has 1 aliphatic heterocycles. The molecule has 0 amide bonds. The molecule has 1 aromatic heterocycles. The summed E-state index contributed by atoms with van der Waals surface area (Å²) >= 11 is 0. The maximum Gasteiger partial charge on any atom is 0.227 e. The van der Waals surface area contributed by atoms with Gasteiger partial charge in [0, 0.05) is 19.5 Å². The minimum absolute atomic E-state index is 0.717. The first-order valence-corrected chi connectivity index (χ1v) is 6.42. The number of rotatable bonds is 5. The molecule has 2 rings (SSSR count). The van der Waals surface area contributed by atoms with E-state index in [2.05, 4.69) is 27.4 Å². The van der Waals surface area contributed by atoms with E-state index in [9.17, 15) is 0 Å². The summed E-state index contributed by atoms with van der Waals surface area (Å²) in [6, 6.07) is 0. The predicted molar refractivity (Wildman–Crippen MR) is 65.8 cm³/mol. The van der Waals surface area contributed by atoms with Gasteiger partial charge < -0.3 is 14.7 Å². The zero-order valence-corrected chi connectivity index (χ0v) is 10.8. The Balaban J connectivity index is 1.59. The van der Waals surface area contributed by atoms with Crippen LogP contribution in [-0.2, 0) is 6.42 Å². The van der Waals surface area contributed by atoms with Gasteiger partial charge in [-0.15, -0.1) is 0 Å². The first-order valence-electron chi connectivity index (χ1n) is 6.42. The van der Waals surface area contributed by atoms with Crippen LogP contribution in [0.3, 0.4) is 0 Å². The molecule has 1 unspecified atom stereocenters. The van der Waals surface area contributed by atoms with Crippen molar-refractivity contribution >= 4 is 0 Å². The molecular weight excluding hydrogens is 216 g/mol. The van der Waals surface area contributed by atoms with Crippen molar-refractivity contribution in [2.24, 2.45) is 5.92 Å². The summed E-state index contributed by atoms with van der Waals surface area (Å²) in [5, 5.41) is 7.25. The van der Waals surface area contributed by atoms with Gasteiger partial charge in [-0.05, 0) is 45.8 Å². The van der Waals surface area contributed by atoms with Crippen molar-refractivity contribution in [1.82, 2.24) is 20.4 Å². The van der Waals surface area contributed by atoms with Crippen LogP contribution in [0.2, 0.25) is 0 Å². The molecule has 96 valence electrons. The fraction of sp³-hybridized carbons (Fsp3) is 0.833. The van der Waals surface area contributed by atoms with E-state index >= 15 is 0 Å². The fourth-order valence-corrected chi connectivity index (χ4v) is 2.38. The molecule has 1 atom stereocenters. The molecule has 2 heterocycles. The molecule has 0 aromatic carbocycles. The number of piperidine rings is 1. The number of hydrogen-bond donors (Lipinski definition) is 1. The summed E-state index contributed by atoms with van der Waals surface area (Å²) in [7, 11) is 2.20. The first-order chi connectivity index (χ1) is 8.24. The lowest BCUT2D eigenvalue weighted by Crippen LogP contribution is -2.37. The number of likely N-dealkylation sites (tertiary alicyclic amines) is 1. The quantitative estimate of drug-likeness (QED) is 0.771. The predicted octanol–water partition coefficient (Wildman–Crippen LogP) is 0.852. The Morgan fingerprint density at radius 3 is 3.12 bits per heavy atom. The fourth-order valence-electron chi connectivity index (χ4n) is 2.38. The van der Waals surface area contributed by atoms with Crippen LogP contribution in [0.15, 0.2) is 4.52 Å². The third kappa shape index (κ3) is 4.09. The highest BCUT2D eigenvalue weighted by Crippen LogP contribution is 2.13. The number of aromatic nitrogens is 2. The van der Waals surface area contributed by atoms with Crippen molar-refractivity contribution in [3.8, 4) is 0 Å². The zero-order valence-electron chi connectivity index (χ0n) is 10.8. The van der Waals surface area contributed by atoms with E-state index in [-0.39, 0.29) is 0 Å². The Hall–Kier alpha value is -0.940. The molecule has 5 nitrogen and oxygen atoms in total.